The molecule has 2 aliphatic rings. The van der Waals surface area contributed by atoms with Crippen LogP contribution >= 0.6 is 0 Å². The fourth-order valence-electron chi connectivity index (χ4n) is 5.14. The summed E-state index contributed by atoms with van der Waals surface area (Å²) in [5.41, 5.74) is 4.68. The molecule has 2 aromatic rings. The summed E-state index contributed by atoms with van der Waals surface area (Å²) in [6, 6.07) is 10.8. The Hall–Kier alpha value is -2.14. The quantitative estimate of drug-likeness (QED) is 0.884. The van der Waals surface area contributed by atoms with E-state index >= 15 is 0 Å². The molecule has 1 aromatic carbocycles. The number of H-pyrrole nitrogens is 1. The van der Waals surface area contributed by atoms with Crippen molar-refractivity contribution in [2.24, 2.45) is 5.41 Å². The van der Waals surface area contributed by atoms with Gasteiger partial charge in [0.15, 0.2) is 0 Å². The molecular weight excluding hydrogens is 348 g/mol. The summed E-state index contributed by atoms with van der Waals surface area (Å²) >= 11 is 0. The predicted octanol–water partition coefficient (Wildman–Crippen LogP) is 3.47. The zero-order valence-corrected chi connectivity index (χ0v) is 17.2. The number of carbonyl (C=O) groups excluding carboxylic acids is 1. The summed E-state index contributed by atoms with van der Waals surface area (Å²) in [6.45, 7) is 9.08. The number of aryl methyl sites for hydroxylation is 2. The van der Waals surface area contributed by atoms with Crippen LogP contribution in [0.2, 0.25) is 0 Å². The maximum atomic E-state index is 13.0. The summed E-state index contributed by atoms with van der Waals surface area (Å²) in [7, 11) is 0. The first-order valence-corrected chi connectivity index (χ1v) is 10.6. The Kier molecular flexibility index (Phi) is 5.54. The minimum absolute atomic E-state index is 0.256. The zero-order chi connectivity index (χ0) is 19.6. The SMILES string of the molecule is Cc1n[nH]c(C)c1CC(=O)N1CCCC2(CCCN(Cc3ccccc3)C2)C1. The second-order valence-electron chi connectivity index (χ2n) is 8.81. The first kappa shape index (κ1) is 19.2. The number of hydrogen-bond donors (Lipinski definition) is 1. The van der Waals surface area contributed by atoms with E-state index in [9.17, 15) is 4.79 Å². The molecule has 1 spiro atoms. The van der Waals surface area contributed by atoms with Gasteiger partial charge in [0.25, 0.3) is 0 Å². The van der Waals surface area contributed by atoms with Crippen LogP contribution in [-0.2, 0) is 17.8 Å². The summed E-state index contributed by atoms with van der Waals surface area (Å²) in [5.74, 6) is 0.256. The van der Waals surface area contributed by atoms with Crippen molar-refractivity contribution in [2.75, 3.05) is 26.2 Å². The molecule has 3 heterocycles. The number of hydrogen-bond acceptors (Lipinski definition) is 3. The number of benzene rings is 1. The summed E-state index contributed by atoms with van der Waals surface area (Å²) in [6.07, 6.45) is 5.30. The lowest BCUT2D eigenvalue weighted by Crippen LogP contribution is -2.53. The van der Waals surface area contributed by atoms with Crippen LogP contribution in [0, 0.1) is 19.3 Å². The fraction of sp³-hybridized carbons (Fsp3) is 0.565. The van der Waals surface area contributed by atoms with E-state index in [1.807, 2.05) is 13.8 Å². The summed E-state index contributed by atoms with van der Waals surface area (Å²) < 4.78 is 0. The van der Waals surface area contributed by atoms with E-state index in [2.05, 4.69) is 50.3 Å². The lowest BCUT2D eigenvalue weighted by atomic mass is 9.73. The van der Waals surface area contributed by atoms with Crippen LogP contribution in [0.25, 0.3) is 0 Å². The van der Waals surface area contributed by atoms with Crippen LogP contribution in [0.15, 0.2) is 30.3 Å². The van der Waals surface area contributed by atoms with Gasteiger partial charge in [-0.2, -0.15) is 5.10 Å². The highest BCUT2D eigenvalue weighted by atomic mass is 16.2. The maximum absolute atomic E-state index is 13.0. The first-order valence-electron chi connectivity index (χ1n) is 10.6. The number of aromatic nitrogens is 2. The normalized spacial score (nSPS) is 23.3. The van der Waals surface area contributed by atoms with Gasteiger partial charge < -0.3 is 4.90 Å². The largest absolute Gasteiger partial charge is 0.342 e. The molecular formula is C23H32N4O. The van der Waals surface area contributed by atoms with Crippen molar-refractivity contribution in [1.82, 2.24) is 20.0 Å². The molecule has 1 aromatic heterocycles. The molecule has 1 amide bonds. The Balaban J connectivity index is 1.41. The van der Waals surface area contributed by atoms with Gasteiger partial charge in [-0.05, 0) is 51.6 Å². The van der Waals surface area contributed by atoms with E-state index in [4.69, 9.17) is 0 Å². The summed E-state index contributed by atoms with van der Waals surface area (Å²) in [4.78, 5) is 17.8. The molecule has 28 heavy (non-hydrogen) atoms. The second kappa shape index (κ2) is 8.08. The minimum atomic E-state index is 0.256. The van der Waals surface area contributed by atoms with Crippen molar-refractivity contribution < 1.29 is 4.79 Å². The van der Waals surface area contributed by atoms with Gasteiger partial charge in [0, 0.05) is 42.9 Å². The van der Waals surface area contributed by atoms with Gasteiger partial charge in [0.2, 0.25) is 5.91 Å². The third kappa shape index (κ3) is 4.14. The maximum Gasteiger partial charge on any atom is 0.227 e. The zero-order valence-electron chi connectivity index (χ0n) is 17.2. The molecule has 0 bridgehead atoms. The van der Waals surface area contributed by atoms with Crippen molar-refractivity contribution in [3.8, 4) is 0 Å². The number of nitrogens with one attached hydrogen (secondary N) is 1. The van der Waals surface area contributed by atoms with Crippen molar-refractivity contribution in [3.63, 3.8) is 0 Å². The topological polar surface area (TPSA) is 52.2 Å². The Labute approximate surface area is 168 Å². The lowest BCUT2D eigenvalue weighted by molar-refractivity contribution is -0.135. The summed E-state index contributed by atoms with van der Waals surface area (Å²) in [5, 5.41) is 7.25. The molecule has 0 saturated carbocycles. The number of likely N-dealkylation sites (tertiary alicyclic amines) is 2. The van der Waals surface area contributed by atoms with Gasteiger partial charge in [-0.1, -0.05) is 30.3 Å². The standard InChI is InChI=1S/C23H32N4O/c1-18-21(19(2)25-24-18)14-22(28)27-13-7-11-23(17-27)10-6-12-26(16-23)15-20-8-4-3-5-9-20/h3-5,8-9H,6-7,10-17H2,1-2H3,(H,24,25). The molecule has 5 heteroatoms. The van der Waals surface area contributed by atoms with Crippen LogP contribution in [0.1, 0.15) is 48.2 Å². The molecule has 2 saturated heterocycles. The highest BCUT2D eigenvalue weighted by Crippen LogP contribution is 2.39. The van der Waals surface area contributed by atoms with E-state index < -0.39 is 0 Å². The lowest BCUT2D eigenvalue weighted by Gasteiger charge is -2.48. The van der Waals surface area contributed by atoms with Crippen LogP contribution in [0.3, 0.4) is 0 Å². The van der Waals surface area contributed by atoms with Gasteiger partial charge in [-0.25, -0.2) is 0 Å². The van der Waals surface area contributed by atoms with E-state index in [1.54, 1.807) is 0 Å². The van der Waals surface area contributed by atoms with Gasteiger partial charge in [-0.15, -0.1) is 0 Å². The predicted molar refractivity (Wildman–Crippen MR) is 111 cm³/mol. The number of amides is 1. The number of carbonyl (C=O) groups is 1. The third-order valence-corrected chi connectivity index (χ3v) is 6.61. The Morgan fingerprint density at radius 1 is 1.11 bits per heavy atom. The molecule has 5 nitrogen and oxygen atoms in total. The van der Waals surface area contributed by atoms with E-state index in [0.29, 0.717) is 6.42 Å². The Bertz CT molecular complexity index is 792. The highest BCUT2D eigenvalue weighted by Gasteiger charge is 2.40. The van der Waals surface area contributed by atoms with E-state index in [1.165, 1.54) is 24.8 Å². The number of nitrogens with zero attached hydrogens (tertiary/aromatic N) is 3. The molecule has 4 rings (SSSR count). The molecule has 2 fully saturated rings. The Morgan fingerprint density at radius 2 is 1.86 bits per heavy atom. The van der Waals surface area contributed by atoms with Crippen molar-refractivity contribution in [2.45, 2.75) is 52.5 Å². The molecule has 1 N–H and O–H groups in total. The van der Waals surface area contributed by atoms with Gasteiger partial charge in [-0.3, -0.25) is 14.8 Å². The average molecular weight is 381 g/mol. The van der Waals surface area contributed by atoms with Crippen molar-refractivity contribution >= 4 is 5.91 Å². The average Bonchev–Trinajstić information content (AvgIpc) is 3.01. The molecule has 0 radical (unpaired) electrons. The van der Waals surface area contributed by atoms with E-state index in [-0.39, 0.29) is 11.3 Å². The van der Waals surface area contributed by atoms with Crippen molar-refractivity contribution in [1.29, 1.82) is 0 Å². The highest BCUT2D eigenvalue weighted by molar-refractivity contribution is 5.79. The first-order chi connectivity index (χ1) is 13.5. The molecule has 2 aliphatic heterocycles. The van der Waals surface area contributed by atoms with Crippen molar-refractivity contribution in [3.05, 3.63) is 52.8 Å². The van der Waals surface area contributed by atoms with Gasteiger partial charge >= 0.3 is 0 Å². The van der Waals surface area contributed by atoms with Gasteiger partial charge in [0.1, 0.15) is 0 Å². The number of rotatable bonds is 4. The number of piperidine rings is 2. The van der Waals surface area contributed by atoms with Gasteiger partial charge in [0.05, 0.1) is 12.1 Å². The van der Waals surface area contributed by atoms with Crippen LogP contribution < -0.4 is 0 Å². The monoisotopic (exact) mass is 380 g/mol. The van der Waals surface area contributed by atoms with E-state index in [0.717, 1.165) is 56.1 Å². The fourth-order valence-corrected chi connectivity index (χ4v) is 5.14. The van der Waals surface area contributed by atoms with Crippen LogP contribution in [0.5, 0.6) is 0 Å². The molecule has 1 atom stereocenters. The van der Waals surface area contributed by atoms with Crippen LogP contribution in [0.4, 0.5) is 0 Å². The Morgan fingerprint density at radius 3 is 2.57 bits per heavy atom. The molecule has 150 valence electrons. The molecule has 0 aliphatic carbocycles. The smallest absolute Gasteiger partial charge is 0.227 e. The second-order valence-corrected chi connectivity index (χ2v) is 8.81. The minimum Gasteiger partial charge on any atom is -0.342 e. The molecule has 1 unspecified atom stereocenters. The van der Waals surface area contributed by atoms with Crippen LogP contribution in [-0.4, -0.2) is 52.1 Å². The third-order valence-electron chi connectivity index (χ3n) is 6.61. The number of aromatic amines is 1.